The number of nitrogens with zero attached hydrogens (tertiary/aromatic N) is 1. The Morgan fingerprint density at radius 3 is 2.60 bits per heavy atom. The van der Waals surface area contributed by atoms with Crippen LogP contribution in [-0.4, -0.2) is 30.2 Å². The number of hydrogen-bond donors (Lipinski definition) is 1. The van der Waals surface area contributed by atoms with Gasteiger partial charge in [0.2, 0.25) is 0 Å². The van der Waals surface area contributed by atoms with Crippen molar-refractivity contribution in [2.24, 2.45) is 5.92 Å². The molecule has 0 atom stereocenters. The van der Waals surface area contributed by atoms with Gasteiger partial charge in [-0.05, 0) is 38.4 Å². The Hall–Kier alpha value is -1.62. The second-order valence-corrected chi connectivity index (χ2v) is 5.34. The van der Waals surface area contributed by atoms with Crippen molar-refractivity contribution < 1.29 is 14.3 Å². The highest BCUT2D eigenvalue weighted by molar-refractivity contribution is 5.71. The highest BCUT2D eigenvalue weighted by Gasteiger charge is 2.06. The predicted octanol–water partition coefficient (Wildman–Crippen LogP) is 2.16. The van der Waals surface area contributed by atoms with E-state index in [1.165, 1.54) is 0 Å². The Labute approximate surface area is 120 Å². The van der Waals surface area contributed by atoms with Gasteiger partial charge >= 0.3 is 5.97 Å². The molecule has 0 unspecified atom stereocenters. The van der Waals surface area contributed by atoms with Gasteiger partial charge in [0.1, 0.15) is 5.75 Å². The number of carbonyl (C=O) groups excluding carboxylic acids is 1. The lowest BCUT2D eigenvalue weighted by Gasteiger charge is -2.10. The van der Waals surface area contributed by atoms with Crippen molar-refractivity contribution in [3.8, 4) is 5.75 Å². The molecule has 1 rings (SSSR count). The van der Waals surface area contributed by atoms with Crippen molar-refractivity contribution in [2.45, 2.75) is 40.3 Å². The van der Waals surface area contributed by atoms with E-state index in [1.807, 2.05) is 12.1 Å². The van der Waals surface area contributed by atoms with Crippen LogP contribution in [0.2, 0.25) is 0 Å². The molecular weight excluding hydrogens is 256 g/mol. The molecule has 0 aliphatic heterocycles. The number of esters is 1. The van der Waals surface area contributed by atoms with Crippen LogP contribution in [0, 0.1) is 5.92 Å². The fourth-order valence-electron chi connectivity index (χ4n) is 1.53. The lowest BCUT2D eigenvalue weighted by molar-refractivity contribution is -0.149. The van der Waals surface area contributed by atoms with E-state index in [1.54, 1.807) is 20.0 Å². The Bertz CT molecular complexity index is 402. The number of ether oxygens (including phenoxy) is 2. The largest absolute Gasteiger partial charge is 0.480 e. The maximum absolute atomic E-state index is 11.3. The number of pyridine rings is 1. The molecule has 0 saturated carbocycles. The minimum atomic E-state index is -0.373. The van der Waals surface area contributed by atoms with E-state index in [0.29, 0.717) is 11.7 Å². The van der Waals surface area contributed by atoms with E-state index < -0.39 is 0 Å². The van der Waals surface area contributed by atoms with Gasteiger partial charge in [0.15, 0.2) is 6.61 Å². The zero-order chi connectivity index (χ0) is 15.0. The van der Waals surface area contributed by atoms with Crippen LogP contribution in [0.3, 0.4) is 0 Å². The predicted molar refractivity (Wildman–Crippen MR) is 77.5 cm³/mol. The minimum absolute atomic E-state index is 0.0925. The Balaban J connectivity index is 2.33. The van der Waals surface area contributed by atoms with Crippen molar-refractivity contribution in [3.05, 3.63) is 24.0 Å². The van der Waals surface area contributed by atoms with Gasteiger partial charge < -0.3 is 14.8 Å². The lowest BCUT2D eigenvalue weighted by Crippen LogP contribution is -2.20. The molecule has 1 aromatic heterocycles. The third-order valence-corrected chi connectivity index (χ3v) is 2.38. The summed E-state index contributed by atoms with van der Waals surface area (Å²) in [5.41, 5.74) is 0.947. The zero-order valence-corrected chi connectivity index (χ0v) is 12.7. The fourth-order valence-corrected chi connectivity index (χ4v) is 1.53. The zero-order valence-electron chi connectivity index (χ0n) is 12.7. The highest BCUT2D eigenvalue weighted by Crippen LogP contribution is 2.09. The summed E-state index contributed by atoms with van der Waals surface area (Å²) >= 11 is 0. The number of aromatic nitrogens is 1. The maximum atomic E-state index is 11.3. The summed E-state index contributed by atoms with van der Waals surface area (Å²) in [6.07, 6.45) is 1.49. The molecule has 0 fully saturated rings. The van der Waals surface area contributed by atoms with Crippen LogP contribution in [0.1, 0.15) is 33.4 Å². The first-order valence-corrected chi connectivity index (χ1v) is 6.95. The molecule has 1 heterocycles. The van der Waals surface area contributed by atoms with Crippen molar-refractivity contribution in [1.82, 2.24) is 10.3 Å². The third-order valence-electron chi connectivity index (χ3n) is 2.38. The molecule has 0 saturated heterocycles. The van der Waals surface area contributed by atoms with E-state index in [0.717, 1.165) is 18.8 Å². The normalized spacial score (nSPS) is 10.9. The summed E-state index contributed by atoms with van der Waals surface area (Å²) in [4.78, 5) is 15.6. The molecule has 20 heavy (non-hydrogen) atoms. The maximum Gasteiger partial charge on any atom is 0.344 e. The first-order chi connectivity index (χ1) is 9.47. The summed E-state index contributed by atoms with van der Waals surface area (Å²) in [5.74, 6) is 0.811. The average Bonchev–Trinajstić information content (AvgIpc) is 2.36. The standard InChI is InChI=1S/C15H24N2O3/c1-11(2)7-16-8-13-5-6-14(9-17-13)19-10-15(18)20-12(3)4/h5-6,9,11-12,16H,7-8,10H2,1-4H3. The molecule has 0 amide bonds. The number of hydrogen-bond acceptors (Lipinski definition) is 5. The van der Waals surface area contributed by atoms with Crippen molar-refractivity contribution >= 4 is 5.97 Å². The van der Waals surface area contributed by atoms with Crippen molar-refractivity contribution in [2.75, 3.05) is 13.2 Å². The molecule has 0 bridgehead atoms. The van der Waals surface area contributed by atoms with Gasteiger partial charge in [-0.1, -0.05) is 13.8 Å². The van der Waals surface area contributed by atoms with Gasteiger partial charge in [0, 0.05) is 6.54 Å². The molecule has 112 valence electrons. The molecule has 1 N–H and O–H groups in total. The summed E-state index contributed by atoms with van der Waals surface area (Å²) in [5, 5.41) is 3.31. The number of rotatable bonds is 8. The minimum Gasteiger partial charge on any atom is -0.480 e. The van der Waals surface area contributed by atoms with Crippen LogP contribution in [0.15, 0.2) is 18.3 Å². The Kier molecular flexibility index (Phi) is 7.01. The highest BCUT2D eigenvalue weighted by atomic mass is 16.6. The Morgan fingerprint density at radius 2 is 2.05 bits per heavy atom. The number of carbonyl (C=O) groups is 1. The first-order valence-electron chi connectivity index (χ1n) is 6.95. The van der Waals surface area contributed by atoms with Gasteiger partial charge in [0.25, 0.3) is 0 Å². The number of nitrogens with one attached hydrogen (secondary N) is 1. The molecular formula is C15H24N2O3. The van der Waals surface area contributed by atoms with Crippen LogP contribution < -0.4 is 10.1 Å². The molecule has 5 heteroatoms. The van der Waals surface area contributed by atoms with Crippen molar-refractivity contribution in [3.63, 3.8) is 0 Å². The van der Waals surface area contributed by atoms with E-state index >= 15 is 0 Å². The van der Waals surface area contributed by atoms with Crippen molar-refractivity contribution in [1.29, 1.82) is 0 Å². The molecule has 0 aliphatic carbocycles. The summed E-state index contributed by atoms with van der Waals surface area (Å²) in [6.45, 7) is 9.53. The topological polar surface area (TPSA) is 60.5 Å². The molecule has 5 nitrogen and oxygen atoms in total. The van der Waals surface area contributed by atoms with Crippen LogP contribution in [0.25, 0.3) is 0 Å². The van der Waals surface area contributed by atoms with E-state index in [2.05, 4.69) is 24.1 Å². The summed E-state index contributed by atoms with van der Waals surface area (Å²) in [6, 6.07) is 3.69. The molecule has 0 spiro atoms. The molecule has 0 aliphatic rings. The summed E-state index contributed by atoms with van der Waals surface area (Å²) < 4.78 is 10.3. The van der Waals surface area contributed by atoms with Crippen LogP contribution in [0.4, 0.5) is 0 Å². The van der Waals surface area contributed by atoms with Gasteiger partial charge in [-0.3, -0.25) is 4.98 Å². The van der Waals surface area contributed by atoms with Crippen LogP contribution >= 0.6 is 0 Å². The van der Waals surface area contributed by atoms with Gasteiger partial charge in [-0.25, -0.2) is 4.79 Å². The quantitative estimate of drug-likeness (QED) is 0.739. The van der Waals surface area contributed by atoms with Crippen LogP contribution in [-0.2, 0) is 16.1 Å². The lowest BCUT2D eigenvalue weighted by atomic mass is 10.2. The monoisotopic (exact) mass is 280 g/mol. The van der Waals surface area contributed by atoms with Gasteiger partial charge in [-0.15, -0.1) is 0 Å². The SMILES string of the molecule is CC(C)CNCc1ccc(OCC(=O)OC(C)C)cn1. The van der Waals surface area contributed by atoms with E-state index in [9.17, 15) is 4.79 Å². The average molecular weight is 280 g/mol. The van der Waals surface area contributed by atoms with E-state index in [4.69, 9.17) is 9.47 Å². The smallest absolute Gasteiger partial charge is 0.344 e. The third kappa shape index (κ3) is 7.09. The molecule has 0 aromatic carbocycles. The molecule has 1 aromatic rings. The fraction of sp³-hybridized carbons (Fsp3) is 0.600. The molecule has 0 radical (unpaired) electrons. The first kappa shape index (κ1) is 16.4. The second-order valence-electron chi connectivity index (χ2n) is 5.34. The van der Waals surface area contributed by atoms with E-state index in [-0.39, 0.29) is 18.7 Å². The van der Waals surface area contributed by atoms with Crippen LogP contribution in [0.5, 0.6) is 5.75 Å². The summed E-state index contributed by atoms with van der Waals surface area (Å²) in [7, 11) is 0. The second kappa shape index (κ2) is 8.53. The van der Waals surface area contributed by atoms with Gasteiger partial charge in [0.05, 0.1) is 18.0 Å². The van der Waals surface area contributed by atoms with Gasteiger partial charge in [-0.2, -0.15) is 0 Å². The Morgan fingerprint density at radius 1 is 1.30 bits per heavy atom.